The van der Waals surface area contributed by atoms with E-state index in [1.54, 1.807) is 11.9 Å². The SMILES string of the molecule is CC(C)c1cccc(N(C)C(=O)c2n[nH]c(C(C)C)c2Br)c1. The molecule has 1 aromatic heterocycles. The molecule has 2 rings (SSSR count). The summed E-state index contributed by atoms with van der Waals surface area (Å²) >= 11 is 3.49. The quantitative estimate of drug-likeness (QED) is 0.855. The second-order valence-corrected chi connectivity index (χ2v) is 6.86. The zero-order valence-corrected chi connectivity index (χ0v) is 15.2. The van der Waals surface area contributed by atoms with Gasteiger partial charge in [0.15, 0.2) is 5.69 Å². The zero-order valence-electron chi connectivity index (χ0n) is 13.6. The van der Waals surface area contributed by atoms with Crippen LogP contribution in [0.25, 0.3) is 0 Å². The first-order valence-corrected chi connectivity index (χ1v) is 8.24. The van der Waals surface area contributed by atoms with Gasteiger partial charge in [-0.2, -0.15) is 5.10 Å². The third-order valence-corrected chi connectivity index (χ3v) is 4.54. The maximum Gasteiger partial charge on any atom is 0.279 e. The molecule has 1 heterocycles. The lowest BCUT2D eigenvalue weighted by atomic mass is 10.0. The molecule has 0 fully saturated rings. The Bertz CT molecular complexity index is 676. The summed E-state index contributed by atoms with van der Waals surface area (Å²) in [5.41, 5.74) is 3.44. The average molecular weight is 364 g/mol. The fourth-order valence-electron chi connectivity index (χ4n) is 2.23. The van der Waals surface area contributed by atoms with E-state index in [1.807, 2.05) is 18.2 Å². The van der Waals surface area contributed by atoms with Crippen LogP contribution in [0.5, 0.6) is 0 Å². The second-order valence-electron chi connectivity index (χ2n) is 6.07. The molecule has 0 aliphatic carbocycles. The van der Waals surface area contributed by atoms with E-state index in [-0.39, 0.29) is 11.8 Å². The van der Waals surface area contributed by atoms with Gasteiger partial charge in [-0.25, -0.2) is 0 Å². The van der Waals surface area contributed by atoms with Crippen LogP contribution in [-0.4, -0.2) is 23.2 Å². The van der Waals surface area contributed by atoms with Crippen LogP contribution < -0.4 is 4.90 Å². The van der Waals surface area contributed by atoms with E-state index in [4.69, 9.17) is 0 Å². The lowest BCUT2D eigenvalue weighted by Crippen LogP contribution is -2.27. The Hall–Kier alpha value is -1.62. The van der Waals surface area contributed by atoms with Crippen LogP contribution in [0.2, 0.25) is 0 Å². The molecule has 4 nitrogen and oxygen atoms in total. The number of hydrogen-bond acceptors (Lipinski definition) is 2. The van der Waals surface area contributed by atoms with Gasteiger partial charge in [0.25, 0.3) is 5.91 Å². The molecular weight excluding hydrogens is 342 g/mol. The summed E-state index contributed by atoms with van der Waals surface area (Å²) in [4.78, 5) is 14.3. The Kier molecular flexibility index (Phi) is 5.06. The second kappa shape index (κ2) is 6.65. The predicted molar refractivity (Wildman–Crippen MR) is 93.6 cm³/mol. The number of amides is 1. The first kappa shape index (κ1) is 16.7. The van der Waals surface area contributed by atoms with Crippen molar-refractivity contribution in [3.63, 3.8) is 0 Å². The highest BCUT2D eigenvalue weighted by atomic mass is 79.9. The highest BCUT2D eigenvalue weighted by Gasteiger charge is 2.23. The van der Waals surface area contributed by atoms with Crippen molar-refractivity contribution in [3.8, 4) is 0 Å². The van der Waals surface area contributed by atoms with Gasteiger partial charge in [0, 0.05) is 12.7 Å². The summed E-state index contributed by atoms with van der Waals surface area (Å²) in [5.74, 6) is 0.571. The molecule has 1 aromatic carbocycles. The minimum atomic E-state index is -0.129. The lowest BCUT2D eigenvalue weighted by molar-refractivity contribution is 0.0987. The molecule has 0 unspecified atom stereocenters. The van der Waals surface area contributed by atoms with E-state index >= 15 is 0 Å². The van der Waals surface area contributed by atoms with Gasteiger partial charge in [-0.15, -0.1) is 0 Å². The number of aromatic amines is 1. The number of hydrogen-bond donors (Lipinski definition) is 1. The molecule has 22 heavy (non-hydrogen) atoms. The Balaban J connectivity index is 2.31. The minimum absolute atomic E-state index is 0.129. The maximum absolute atomic E-state index is 12.7. The largest absolute Gasteiger partial charge is 0.310 e. The molecule has 0 bridgehead atoms. The molecule has 0 saturated heterocycles. The normalized spacial score (nSPS) is 11.3. The molecule has 118 valence electrons. The number of anilines is 1. The zero-order chi connectivity index (χ0) is 16.4. The van der Waals surface area contributed by atoms with E-state index in [0.717, 1.165) is 15.9 Å². The Labute approximate surface area is 140 Å². The third-order valence-electron chi connectivity index (χ3n) is 3.74. The molecule has 1 amide bonds. The minimum Gasteiger partial charge on any atom is -0.310 e. The number of carbonyl (C=O) groups is 1. The van der Waals surface area contributed by atoms with E-state index in [2.05, 4.69) is 59.9 Å². The van der Waals surface area contributed by atoms with Crippen LogP contribution in [0.4, 0.5) is 5.69 Å². The van der Waals surface area contributed by atoms with Gasteiger partial charge in [-0.3, -0.25) is 9.89 Å². The van der Waals surface area contributed by atoms with Crippen molar-refractivity contribution in [2.45, 2.75) is 39.5 Å². The molecule has 0 radical (unpaired) electrons. The van der Waals surface area contributed by atoms with Gasteiger partial charge in [0.1, 0.15) is 0 Å². The van der Waals surface area contributed by atoms with Crippen LogP contribution >= 0.6 is 15.9 Å². The topological polar surface area (TPSA) is 49.0 Å². The summed E-state index contributed by atoms with van der Waals surface area (Å²) in [6.45, 7) is 8.39. The van der Waals surface area contributed by atoms with Crippen molar-refractivity contribution in [1.29, 1.82) is 0 Å². The van der Waals surface area contributed by atoms with Crippen molar-refractivity contribution in [2.75, 3.05) is 11.9 Å². The fraction of sp³-hybridized carbons (Fsp3) is 0.412. The molecule has 1 N–H and O–H groups in total. The molecule has 0 atom stereocenters. The summed E-state index contributed by atoms with van der Waals surface area (Å²) < 4.78 is 0.749. The molecule has 0 spiro atoms. The lowest BCUT2D eigenvalue weighted by Gasteiger charge is -2.18. The van der Waals surface area contributed by atoms with Crippen molar-refractivity contribution in [2.24, 2.45) is 0 Å². The first-order chi connectivity index (χ1) is 10.3. The van der Waals surface area contributed by atoms with Gasteiger partial charge >= 0.3 is 0 Å². The van der Waals surface area contributed by atoms with E-state index in [1.165, 1.54) is 5.56 Å². The monoisotopic (exact) mass is 363 g/mol. The Morgan fingerprint density at radius 2 is 1.91 bits per heavy atom. The van der Waals surface area contributed by atoms with Crippen LogP contribution in [-0.2, 0) is 0 Å². The number of carbonyl (C=O) groups excluding carboxylic acids is 1. The summed E-state index contributed by atoms with van der Waals surface area (Å²) in [5, 5.41) is 7.12. The molecule has 0 aliphatic heterocycles. The van der Waals surface area contributed by atoms with Crippen LogP contribution in [0.15, 0.2) is 28.7 Å². The van der Waals surface area contributed by atoms with Gasteiger partial charge in [0.2, 0.25) is 0 Å². The predicted octanol–water partition coefficient (Wildman–Crippen LogP) is 4.70. The number of benzene rings is 1. The van der Waals surface area contributed by atoms with Gasteiger partial charge in [0.05, 0.1) is 10.2 Å². The highest BCUT2D eigenvalue weighted by Crippen LogP contribution is 2.28. The molecule has 5 heteroatoms. The van der Waals surface area contributed by atoms with Crippen LogP contribution in [0.1, 0.15) is 61.3 Å². The van der Waals surface area contributed by atoms with Gasteiger partial charge < -0.3 is 4.90 Å². The van der Waals surface area contributed by atoms with Crippen molar-refractivity contribution >= 4 is 27.5 Å². The number of rotatable bonds is 4. The van der Waals surface area contributed by atoms with E-state index < -0.39 is 0 Å². The number of H-pyrrole nitrogens is 1. The van der Waals surface area contributed by atoms with Crippen LogP contribution in [0.3, 0.4) is 0 Å². The van der Waals surface area contributed by atoms with Crippen molar-refractivity contribution in [1.82, 2.24) is 10.2 Å². The van der Waals surface area contributed by atoms with E-state index in [9.17, 15) is 4.79 Å². The summed E-state index contributed by atoms with van der Waals surface area (Å²) in [6, 6.07) is 8.04. The van der Waals surface area contributed by atoms with Gasteiger partial charge in [-0.05, 0) is 45.5 Å². The number of nitrogens with zero attached hydrogens (tertiary/aromatic N) is 2. The number of nitrogens with one attached hydrogen (secondary N) is 1. The Morgan fingerprint density at radius 1 is 1.23 bits per heavy atom. The number of halogens is 1. The molecule has 2 aromatic rings. The standard InChI is InChI=1S/C17H22BrN3O/c1-10(2)12-7-6-8-13(9-12)21(5)17(22)16-14(18)15(11(3)4)19-20-16/h6-11H,1-5H3,(H,19,20). The fourth-order valence-corrected chi connectivity index (χ4v) is 3.04. The van der Waals surface area contributed by atoms with Crippen LogP contribution in [0, 0.1) is 0 Å². The van der Waals surface area contributed by atoms with Crippen molar-refractivity contribution < 1.29 is 4.79 Å². The highest BCUT2D eigenvalue weighted by molar-refractivity contribution is 9.10. The van der Waals surface area contributed by atoms with Gasteiger partial charge in [-0.1, -0.05) is 39.8 Å². The summed E-state index contributed by atoms with van der Waals surface area (Å²) in [6.07, 6.45) is 0. The first-order valence-electron chi connectivity index (χ1n) is 7.44. The molecule has 0 aliphatic rings. The summed E-state index contributed by atoms with van der Waals surface area (Å²) in [7, 11) is 1.78. The Morgan fingerprint density at radius 3 is 2.45 bits per heavy atom. The molecule has 0 saturated carbocycles. The smallest absolute Gasteiger partial charge is 0.279 e. The van der Waals surface area contributed by atoms with Crippen molar-refractivity contribution in [3.05, 3.63) is 45.7 Å². The average Bonchev–Trinajstić information content (AvgIpc) is 2.87. The maximum atomic E-state index is 12.7. The third kappa shape index (κ3) is 3.24. The molecular formula is C17H22BrN3O. The van der Waals surface area contributed by atoms with E-state index in [0.29, 0.717) is 11.6 Å². The number of aromatic nitrogens is 2.